The molecule has 2 unspecified atom stereocenters. The first kappa shape index (κ1) is 11.5. The van der Waals surface area contributed by atoms with Crippen LogP contribution in [0.5, 0.6) is 5.75 Å². The third-order valence-corrected chi connectivity index (χ3v) is 3.14. The van der Waals surface area contributed by atoms with Gasteiger partial charge in [-0.1, -0.05) is 6.42 Å². The molecule has 0 heterocycles. The summed E-state index contributed by atoms with van der Waals surface area (Å²) < 4.78 is 5.83. The molecule has 1 aliphatic carbocycles. The summed E-state index contributed by atoms with van der Waals surface area (Å²) in [7, 11) is 0. The second-order valence-corrected chi connectivity index (χ2v) is 4.31. The number of ether oxygens (including phenoxy) is 1. The van der Waals surface area contributed by atoms with Crippen LogP contribution in [-0.2, 0) is 0 Å². The zero-order valence-electron chi connectivity index (χ0n) is 9.60. The first-order valence-corrected chi connectivity index (χ1v) is 5.90. The lowest BCUT2D eigenvalue weighted by molar-refractivity contribution is 0.120. The summed E-state index contributed by atoms with van der Waals surface area (Å²) in [4.78, 5) is 0. The maximum absolute atomic E-state index is 9.05. The quantitative estimate of drug-likeness (QED) is 0.778. The van der Waals surface area contributed by atoms with Gasteiger partial charge in [0, 0.05) is 0 Å². The average Bonchev–Trinajstić information content (AvgIpc) is 2.40. The fourth-order valence-electron chi connectivity index (χ4n) is 2.17. The highest BCUT2D eigenvalue weighted by molar-refractivity contribution is 5.34. The van der Waals surface area contributed by atoms with Crippen LogP contribution < -0.4 is 4.74 Å². The molecule has 0 aromatic heterocycles. The molecule has 86 valence electrons. The van der Waals surface area contributed by atoms with E-state index >= 15 is 0 Å². The normalized spacial score (nSPS) is 23.4. The van der Waals surface area contributed by atoms with Gasteiger partial charge in [0.05, 0.1) is 23.6 Å². The lowest BCUT2D eigenvalue weighted by atomic mass is 9.87. The summed E-state index contributed by atoms with van der Waals surface area (Å²) in [6.45, 7) is 0. The van der Waals surface area contributed by atoms with E-state index in [4.69, 9.17) is 15.3 Å². The molecule has 2 atom stereocenters. The Morgan fingerprint density at radius 1 is 1.06 bits per heavy atom. The van der Waals surface area contributed by atoms with E-state index in [9.17, 15) is 0 Å². The molecule has 1 aromatic carbocycles. The van der Waals surface area contributed by atoms with Gasteiger partial charge in [-0.15, -0.1) is 0 Å². The molecule has 0 N–H and O–H groups in total. The Balaban J connectivity index is 2.04. The predicted molar refractivity (Wildman–Crippen MR) is 63.1 cm³/mol. The molecule has 1 saturated carbocycles. The third kappa shape index (κ3) is 2.77. The van der Waals surface area contributed by atoms with Crippen molar-refractivity contribution in [1.82, 2.24) is 0 Å². The van der Waals surface area contributed by atoms with Crippen LogP contribution in [0, 0.1) is 28.6 Å². The Labute approximate surface area is 101 Å². The molecule has 0 radical (unpaired) electrons. The molecular formula is C14H14N2O. The van der Waals surface area contributed by atoms with E-state index in [1.165, 1.54) is 0 Å². The number of benzene rings is 1. The van der Waals surface area contributed by atoms with Crippen molar-refractivity contribution >= 4 is 0 Å². The standard InChI is InChI=1S/C14H14N2O/c15-9-11-5-7-13(8-6-11)17-14-4-2-1-3-12(14)10-16/h5-8,12,14H,1-4H2. The number of hydrogen-bond donors (Lipinski definition) is 0. The van der Waals surface area contributed by atoms with Crippen LogP contribution in [0.25, 0.3) is 0 Å². The maximum Gasteiger partial charge on any atom is 0.119 e. The van der Waals surface area contributed by atoms with Gasteiger partial charge in [0.2, 0.25) is 0 Å². The fourth-order valence-corrected chi connectivity index (χ4v) is 2.17. The first-order valence-electron chi connectivity index (χ1n) is 5.90. The number of nitriles is 2. The summed E-state index contributed by atoms with van der Waals surface area (Å²) in [5.41, 5.74) is 0.623. The molecule has 0 bridgehead atoms. The molecule has 0 aliphatic heterocycles. The van der Waals surface area contributed by atoms with E-state index in [2.05, 4.69) is 12.1 Å². The van der Waals surface area contributed by atoms with Crippen LogP contribution in [0.3, 0.4) is 0 Å². The van der Waals surface area contributed by atoms with E-state index in [-0.39, 0.29) is 12.0 Å². The summed E-state index contributed by atoms with van der Waals surface area (Å²) in [5.74, 6) is 0.746. The third-order valence-electron chi connectivity index (χ3n) is 3.14. The Morgan fingerprint density at radius 3 is 2.41 bits per heavy atom. The fraction of sp³-hybridized carbons (Fsp3) is 0.429. The summed E-state index contributed by atoms with van der Waals surface area (Å²) in [5, 5.41) is 17.7. The predicted octanol–water partition coefficient (Wildman–Crippen LogP) is 3.02. The van der Waals surface area contributed by atoms with Gasteiger partial charge in [0.1, 0.15) is 11.9 Å². The van der Waals surface area contributed by atoms with E-state index in [0.717, 1.165) is 31.4 Å². The summed E-state index contributed by atoms with van der Waals surface area (Å²) in [6.07, 6.45) is 4.11. The molecule has 2 rings (SSSR count). The van der Waals surface area contributed by atoms with Crippen LogP contribution >= 0.6 is 0 Å². The maximum atomic E-state index is 9.05. The summed E-state index contributed by atoms with van der Waals surface area (Å²) in [6, 6.07) is 11.4. The molecule has 1 aliphatic rings. The molecule has 3 heteroatoms. The van der Waals surface area contributed by atoms with Crippen molar-refractivity contribution in [3.8, 4) is 17.9 Å². The van der Waals surface area contributed by atoms with Gasteiger partial charge in [-0.2, -0.15) is 10.5 Å². The van der Waals surface area contributed by atoms with Crippen molar-refractivity contribution < 1.29 is 4.74 Å². The highest BCUT2D eigenvalue weighted by Gasteiger charge is 2.26. The Bertz CT molecular complexity index is 453. The molecule has 0 saturated heterocycles. The van der Waals surface area contributed by atoms with Gasteiger partial charge in [0.25, 0.3) is 0 Å². The molecule has 1 fully saturated rings. The van der Waals surface area contributed by atoms with Crippen LogP contribution in [0.2, 0.25) is 0 Å². The second kappa shape index (κ2) is 5.37. The van der Waals surface area contributed by atoms with Gasteiger partial charge >= 0.3 is 0 Å². The lowest BCUT2D eigenvalue weighted by Gasteiger charge is -2.27. The smallest absolute Gasteiger partial charge is 0.119 e. The monoisotopic (exact) mass is 226 g/mol. The van der Waals surface area contributed by atoms with Gasteiger partial charge in [-0.3, -0.25) is 0 Å². The molecule has 17 heavy (non-hydrogen) atoms. The second-order valence-electron chi connectivity index (χ2n) is 4.31. The Hall–Kier alpha value is -2.00. The van der Waals surface area contributed by atoms with Crippen LogP contribution in [-0.4, -0.2) is 6.10 Å². The number of rotatable bonds is 2. The minimum Gasteiger partial charge on any atom is -0.489 e. The van der Waals surface area contributed by atoms with Gasteiger partial charge < -0.3 is 4.74 Å². The van der Waals surface area contributed by atoms with E-state index in [0.29, 0.717) is 5.56 Å². The van der Waals surface area contributed by atoms with Crippen LogP contribution in [0.15, 0.2) is 24.3 Å². The lowest BCUT2D eigenvalue weighted by Crippen LogP contribution is -2.29. The van der Waals surface area contributed by atoms with Crippen molar-refractivity contribution in [1.29, 1.82) is 10.5 Å². The number of hydrogen-bond acceptors (Lipinski definition) is 3. The molecule has 1 aromatic rings. The van der Waals surface area contributed by atoms with Crippen molar-refractivity contribution in [3.05, 3.63) is 29.8 Å². The zero-order chi connectivity index (χ0) is 12.1. The van der Waals surface area contributed by atoms with Crippen molar-refractivity contribution in [3.63, 3.8) is 0 Å². The zero-order valence-corrected chi connectivity index (χ0v) is 9.60. The van der Waals surface area contributed by atoms with E-state index < -0.39 is 0 Å². The van der Waals surface area contributed by atoms with E-state index in [1.807, 2.05) is 0 Å². The van der Waals surface area contributed by atoms with Gasteiger partial charge in [-0.05, 0) is 43.5 Å². The molecular weight excluding hydrogens is 212 g/mol. The van der Waals surface area contributed by atoms with Crippen LogP contribution in [0.1, 0.15) is 31.2 Å². The topological polar surface area (TPSA) is 56.8 Å². The Kier molecular flexibility index (Phi) is 3.62. The minimum absolute atomic E-state index is 0.000562. The number of nitrogens with zero attached hydrogens (tertiary/aromatic N) is 2. The van der Waals surface area contributed by atoms with Crippen molar-refractivity contribution in [2.45, 2.75) is 31.8 Å². The van der Waals surface area contributed by atoms with Gasteiger partial charge in [0.15, 0.2) is 0 Å². The molecule has 3 nitrogen and oxygen atoms in total. The Morgan fingerprint density at radius 2 is 1.76 bits per heavy atom. The van der Waals surface area contributed by atoms with Crippen LogP contribution in [0.4, 0.5) is 0 Å². The highest BCUT2D eigenvalue weighted by atomic mass is 16.5. The SMILES string of the molecule is N#Cc1ccc(OC2CCCCC2C#N)cc1. The highest BCUT2D eigenvalue weighted by Crippen LogP contribution is 2.28. The van der Waals surface area contributed by atoms with Crippen molar-refractivity contribution in [2.24, 2.45) is 5.92 Å². The molecule has 0 amide bonds. The molecule has 0 spiro atoms. The van der Waals surface area contributed by atoms with E-state index in [1.54, 1.807) is 24.3 Å². The van der Waals surface area contributed by atoms with Crippen molar-refractivity contribution in [2.75, 3.05) is 0 Å². The largest absolute Gasteiger partial charge is 0.489 e. The minimum atomic E-state index is -0.000562. The first-order chi connectivity index (χ1) is 8.33. The van der Waals surface area contributed by atoms with Gasteiger partial charge in [-0.25, -0.2) is 0 Å². The average molecular weight is 226 g/mol. The summed E-state index contributed by atoms with van der Waals surface area (Å²) >= 11 is 0.